The molecule has 0 saturated heterocycles. The Bertz CT molecular complexity index is 639. The zero-order valence-electron chi connectivity index (χ0n) is 10.0. The summed E-state index contributed by atoms with van der Waals surface area (Å²) in [6.07, 6.45) is 5.69. The van der Waals surface area contributed by atoms with Gasteiger partial charge in [-0.25, -0.2) is 4.98 Å². The monoisotopic (exact) mass is 297 g/mol. The van der Waals surface area contributed by atoms with Crippen molar-refractivity contribution >= 4 is 40.4 Å². The van der Waals surface area contributed by atoms with E-state index in [-0.39, 0.29) is 5.75 Å². The van der Waals surface area contributed by atoms with Gasteiger partial charge in [-0.1, -0.05) is 23.4 Å². The molecule has 0 amide bonds. The maximum atomic E-state index is 10.7. The lowest BCUT2D eigenvalue weighted by atomic mass is 10.3. The van der Waals surface area contributed by atoms with E-state index in [1.807, 2.05) is 4.57 Å². The summed E-state index contributed by atoms with van der Waals surface area (Å²) in [6.45, 7) is 0.849. The van der Waals surface area contributed by atoms with Gasteiger partial charge in [0.1, 0.15) is 5.52 Å². The van der Waals surface area contributed by atoms with Gasteiger partial charge < -0.3 is 9.67 Å². The van der Waals surface area contributed by atoms with Crippen molar-refractivity contribution in [2.75, 3.05) is 5.75 Å². The smallest absolute Gasteiger partial charge is 0.313 e. The SMILES string of the molecule is O=C(O)CSc1nc2cncc(Cl)c2n1CC1CC1. The Balaban J connectivity index is 2.02. The molecule has 7 heteroatoms. The van der Waals surface area contributed by atoms with Crippen molar-refractivity contribution in [2.45, 2.75) is 24.5 Å². The molecule has 2 aromatic heterocycles. The molecular formula is C12H12ClN3O2S. The summed E-state index contributed by atoms with van der Waals surface area (Å²) in [4.78, 5) is 19.2. The molecule has 0 unspecified atom stereocenters. The van der Waals surface area contributed by atoms with E-state index in [1.54, 1.807) is 12.4 Å². The first-order valence-corrected chi connectivity index (χ1v) is 7.36. The molecule has 0 bridgehead atoms. The van der Waals surface area contributed by atoms with Crippen LogP contribution in [0.3, 0.4) is 0 Å². The predicted octanol–water partition coefficient (Wildman–Crippen LogP) is 2.67. The number of carboxylic acid groups (broad SMARTS) is 1. The number of carbonyl (C=O) groups is 1. The van der Waals surface area contributed by atoms with E-state index in [0.29, 0.717) is 16.1 Å². The molecule has 1 saturated carbocycles. The maximum absolute atomic E-state index is 10.7. The fourth-order valence-corrected chi connectivity index (χ4v) is 2.98. The molecule has 19 heavy (non-hydrogen) atoms. The van der Waals surface area contributed by atoms with Crippen molar-refractivity contribution in [1.82, 2.24) is 14.5 Å². The molecule has 2 heterocycles. The van der Waals surface area contributed by atoms with Crippen LogP contribution in [0.1, 0.15) is 12.8 Å². The minimum atomic E-state index is -0.848. The first-order valence-electron chi connectivity index (χ1n) is 5.99. The number of rotatable bonds is 5. The number of carboxylic acids is 1. The van der Waals surface area contributed by atoms with Crippen LogP contribution in [-0.4, -0.2) is 31.4 Å². The highest BCUT2D eigenvalue weighted by Gasteiger charge is 2.25. The minimum absolute atomic E-state index is 0.000956. The van der Waals surface area contributed by atoms with E-state index in [9.17, 15) is 4.79 Å². The number of hydrogen-bond acceptors (Lipinski definition) is 4. The summed E-state index contributed by atoms with van der Waals surface area (Å²) >= 11 is 7.42. The Morgan fingerprint density at radius 2 is 2.32 bits per heavy atom. The molecule has 5 nitrogen and oxygen atoms in total. The molecule has 1 N–H and O–H groups in total. The van der Waals surface area contributed by atoms with Gasteiger partial charge >= 0.3 is 5.97 Å². The third-order valence-corrected chi connectivity index (χ3v) is 4.27. The molecule has 2 aromatic rings. The van der Waals surface area contributed by atoms with Gasteiger partial charge in [0, 0.05) is 12.7 Å². The first kappa shape index (κ1) is 12.7. The van der Waals surface area contributed by atoms with Crippen LogP contribution in [0.25, 0.3) is 11.0 Å². The highest BCUT2D eigenvalue weighted by molar-refractivity contribution is 7.99. The largest absolute Gasteiger partial charge is 0.481 e. The lowest BCUT2D eigenvalue weighted by Gasteiger charge is -2.07. The number of nitrogens with zero attached hydrogens (tertiary/aromatic N) is 3. The topological polar surface area (TPSA) is 68.0 Å². The molecule has 3 rings (SSSR count). The van der Waals surface area contributed by atoms with Crippen LogP contribution >= 0.6 is 23.4 Å². The maximum Gasteiger partial charge on any atom is 0.313 e. The summed E-state index contributed by atoms with van der Waals surface area (Å²) in [5, 5.41) is 10.1. The number of aromatic nitrogens is 3. The zero-order valence-corrected chi connectivity index (χ0v) is 11.6. The summed E-state index contributed by atoms with van der Waals surface area (Å²) in [5.41, 5.74) is 1.58. The lowest BCUT2D eigenvalue weighted by molar-refractivity contribution is -0.133. The highest BCUT2D eigenvalue weighted by atomic mass is 35.5. The van der Waals surface area contributed by atoms with Crippen LogP contribution in [0.5, 0.6) is 0 Å². The number of pyridine rings is 1. The van der Waals surface area contributed by atoms with Gasteiger partial charge in [-0.2, -0.15) is 0 Å². The fraction of sp³-hybridized carbons (Fsp3) is 0.417. The number of hydrogen-bond donors (Lipinski definition) is 1. The van der Waals surface area contributed by atoms with Gasteiger partial charge in [0.25, 0.3) is 0 Å². The molecule has 0 radical (unpaired) electrons. The zero-order chi connectivity index (χ0) is 13.4. The van der Waals surface area contributed by atoms with Crippen molar-refractivity contribution < 1.29 is 9.90 Å². The van der Waals surface area contributed by atoms with Crippen molar-refractivity contribution in [3.8, 4) is 0 Å². The van der Waals surface area contributed by atoms with E-state index in [2.05, 4.69) is 9.97 Å². The van der Waals surface area contributed by atoms with Crippen LogP contribution in [-0.2, 0) is 11.3 Å². The lowest BCUT2D eigenvalue weighted by Crippen LogP contribution is -2.04. The second kappa shape index (κ2) is 5.02. The van der Waals surface area contributed by atoms with Gasteiger partial charge in [0.15, 0.2) is 5.16 Å². The average Bonchev–Trinajstić information content (AvgIpc) is 3.09. The number of halogens is 1. The van der Waals surface area contributed by atoms with Crippen LogP contribution in [0.15, 0.2) is 17.6 Å². The molecule has 0 spiro atoms. The van der Waals surface area contributed by atoms with Gasteiger partial charge in [-0.05, 0) is 18.8 Å². The number of imidazole rings is 1. The molecule has 1 aliphatic rings. The molecule has 100 valence electrons. The Kier molecular flexibility index (Phi) is 3.36. The third kappa shape index (κ3) is 2.69. The van der Waals surface area contributed by atoms with Crippen molar-refractivity contribution in [3.05, 3.63) is 17.4 Å². The van der Waals surface area contributed by atoms with Crippen molar-refractivity contribution in [3.63, 3.8) is 0 Å². The molecule has 0 aromatic carbocycles. The van der Waals surface area contributed by atoms with E-state index in [0.717, 1.165) is 17.6 Å². The van der Waals surface area contributed by atoms with Crippen LogP contribution in [0.2, 0.25) is 5.02 Å². The van der Waals surface area contributed by atoms with Crippen LogP contribution in [0, 0.1) is 5.92 Å². The normalized spacial score (nSPS) is 15.0. The van der Waals surface area contributed by atoms with Crippen LogP contribution in [0.4, 0.5) is 0 Å². The van der Waals surface area contributed by atoms with Gasteiger partial charge in [0.05, 0.1) is 22.5 Å². The highest BCUT2D eigenvalue weighted by Crippen LogP contribution is 2.35. The second-order valence-electron chi connectivity index (χ2n) is 4.62. The van der Waals surface area contributed by atoms with Crippen LogP contribution < -0.4 is 0 Å². The summed E-state index contributed by atoms with van der Waals surface area (Å²) in [5.74, 6) is -0.191. The number of aliphatic carboxylic acids is 1. The molecular weight excluding hydrogens is 286 g/mol. The Morgan fingerprint density at radius 1 is 1.53 bits per heavy atom. The van der Waals surface area contributed by atoms with Crippen molar-refractivity contribution in [1.29, 1.82) is 0 Å². The third-order valence-electron chi connectivity index (χ3n) is 3.03. The molecule has 1 aliphatic carbocycles. The number of thioether (sulfide) groups is 1. The van der Waals surface area contributed by atoms with Crippen molar-refractivity contribution in [2.24, 2.45) is 5.92 Å². The fourth-order valence-electron chi connectivity index (χ4n) is 1.99. The van der Waals surface area contributed by atoms with Gasteiger partial charge in [-0.3, -0.25) is 9.78 Å². The Morgan fingerprint density at radius 3 is 3.00 bits per heavy atom. The molecule has 0 aliphatic heterocycles. The van der Waals surface area contributed by atoms with E-state index < -0.39 is 5.97 Å². The van der Waals surface area contributed by atoms with E-state index >= 15 is 0 Å². The predicted molar refractivity (Wildman–Crippen MR) is 73.6 cm³/mol. The van der Waals surface area contributed by atoms with E-state index in [4.69, 9.17) is 16.7 Å². The summed E-state index contributed by atoms with van der Waals surface area (Å²) < 4.78 is 2.03. The Labute approximate surface area is 119 Å². The quantitative estimate of drug-likeness (QED) is 0.859. The van der Waals surface area contributed by atoms with Gasteiger partial charge in [-0.15, -0.1) is 0 Å². The summed E-state index contributed by atoms with van der Waals surface area (Å²) in [6, 6.07) is 0. The van der Waals surface area contributed by atoms with Gasteiger partial charge in [0.2, 0.25) is 0 Å². The van der Waals surface area contributed by atoms with E-state index in [1.165, 1.54) is 24.6 Å². The average molecular weight is 298 g/mol. The standard InChI is InChI=1S/C12H12ClN3O2S/c13-8-3-14-4-9-11(8)16(5-7-1-2-7)12(15-9)19-6-10(17)18/h3-4,7H,1-2,5-6H2,(H,17,18). The molecule has 1 fully saturated rings. The minimum Gasteiger partial charge on any atom is -0.481 e. The summed E-state index contributed by atoms with van der Waals surface area (Å²) in [7, 11) is 0. The Hall–Kier alpha value is -1.27. The first-order chi connectivity index (χ1) is 9.15. The molecule has 0 atom stereocenters. The second-order valence-corrected chi connectivity index (χ2v) is 5.97. The number of fused-ring (bicyclic) bond motifs is 1.